The molecule has 0 saturated heterocycles. The normalized spacial score (nSPS) is 11.5. The van der Waals surface area contributed by atoms with Gasteiger partial charge in [-0.3, -0.25) is 0 Å². The number of hydrogen-bond donors (Lipinski definition) is 1. The molecule has 0 radical (unpaired) electrons. The molecular weight excluding hydrogens is 361 g/mol. The van der Waals surface area contributed by atoms with Crippen LogP contribution in [0.3, 0.4) is 0 Å². The van der Waals surface area contributed by atoms with Crippen LogP contribution in [0.15, 0.2) is 91.0 Å². The second-order valence-electron chi connectivity index (χ2n) is 6.96. The topological polar surface area (TPSA) is 21.3 Å². The highest BCUT2D eigenvalue weighted by atomic mass is 31.2. The number of nitrogens with one attached hydrogen (secondary N) is 1. The van der Waals surface area contributed by atoms with Gasteiger partial charge in [0.25, 0.3) is 0 Å². The van der Waals surface area contributed by atoms with Gasteiger partial charge in [-0.05, 0) is 56.4 Å². The van der Waals surface area contributed by atoms with E-state index >= 15 is 0 Å². The molecule has 3 heteroatoms. The molecule has 0 spiro atoms. The van der Waals surface area contributed by atoms with E-state index in [1.165, 1.54) is 15.9 Å². The Kier molecular flexibility index (Phi) is 8.23. The zero-order valence-corrected chi connectivity index (χ0v) is 17.7. The van der Waals surface area contributed by atoms with E-state index in [1.54, 1.807) is 0 Å². The van der Waals surface area contributed by atoms with Crippen molar-refractivity contribution in [1.29, 1.82) is 0 Å². The fourth-order valence-electron chi connectivity index (χ4n) is 3.74. The van der Waals surface area contributed by atoms with Crippen LogP contribution in [-0.2, 0) is 4.74 Å². The first-order valence-electron chi connectivity index (χ1n) is 10.2. The van der Waals surface area contributed by atoms with Gasteiger partial charge in [0.15, 0.2) is 0 Å². The summed E-state index contributed by atoms with van der Waals surface area (Å²) in [6.07, 6.45) is 3.25. The smallest absolute Gasteiger partial charge is 0.112 e. The van der Waals surface area contributed by atoms with Gasteiger partial charge in [-0.15, -0.1) is 0 Å². The van der Waals surface area contributed by atoms with Crippen LogP contribution in [0.4, 0.5) is 0 Å². The molecule has 0 amide bonds. The number of benzene rings is 3. The average molecular weight is 393 g/mol. The van der Waals surface area contributed by atoms with Gasteiger partial charge in [-0.2, -0.15) is 0 Å². The molecule has 0 heterocycles. The summed E-state index contributed by atoms with van der Waals surface area (Å²) in [5, 5.41) is 7.51. The Morgan fingerprint density at radius 2 is 1.07 bits per heavy atom. The quantitative estimate of drug-likeness (QED) is 0.393. The van der Waals surface area contributed by atoms with Crippen LogP contribution in [-0.4, -0.2) is 33.0 Å². The van der Waals surface area contributed by atoms with E-state index in [-0.39, 0.29) is 0 Å². The minimum atomic E-state index is -1.71. The molecule has 28 heavy (non-hydrogen) atoms. The Morgan fingerprint density at radius 1 is 0.643 bits per heavy atom. The first kappa shape index (κ1) is 20.7. The fourth-order valence-corrected chi connectivity index (χ4v) is 8.05. The molecule has 0 fully saturated rings. The Hall–Kier alpha value is -1.99. The Balaban J connectivity index is 1.91. The zero-order chi connectivity index (χ0) is 19.5. The summed E-state index contributed by atoms with van der Waals surface area (Å²) in [4.78, 5) is 0. The van der Waals surface area contributed by atoms with E-state index in [2.05, 4.69) is 96.3 Å². The lowest BCUT2D eigenvalue weighted by Crippen LogP contribution is -2.33. The van der Waals surface area contributed by atoms with E-state index < -0.39 is 7.26 Å². The zero-order valence-electron chi connectivity index (χ0n) is 16.8. The number of rotatable bonds is 11. The average Bonchev–Trinajstić information content (AvgIpc) is 2.78. The molecule has 0 aromatic heterocycles. The molecule has 146 valence electrons. The first-order valence-corrected chi connectivity index (χ1v) is 12.1. The van der Waals surface area contributed by atoms with Crippen molar-refractivity contribution in [3.8, 4) is 0 Å². The van der Waals surface area contributed by atoms with E-state index in [0.29, 0.717) is 0 Å². The fraction of sp³-hybridized carbons (Fsp3) is 0.280. The summed E-state index contributed by atoms with van der Waals surface area (Å²) in [6.45, 7) is 2.65. The van der Waals surface area contributed by atoms with Crippen molar-refractivity contribution in [2.75, 3.05) is 33.0 Å². The molecular formula is C25H31NOP+. The molecule has 0 bridgehead atoms. The summed E-state index contributed by atoms with van der Waals surface area (Å²) >= 11 is 0. The molecule has 2 nitrogen and oxygen atoms in total. The summed E-state index contributed by atoms with van der Waals surface area (Å²) in [7, 11) is 0.278. The maximum Gasteiger partial charge on any atom is 0.112 e. The predicted octanol–water partition coefficient (Wildman–Crippen LogP) is 4.00. The van der Waals surface area contributed by atoms with Crippen LogP contribution in [0, 0.1) is 0 Å². The molecule has 0 aliphatic heterocycles. The molecule has 3 rings (SSSR count). The SMILES string of the molecule is CNCCCOCCC[P+](c1ccccc1)(c1ccccc1)c1ccccc1. The van der Waals surface area contributed by atoms with E-state index in [9.17, 15) is 0 Å². The van der Waals surface area contributed by atoms with Gasteiger partial charge < -0.3 is 10.1 Å². The second-order valence-corrected chi connectivity index (χ2v) is 10.6. The van der Waals surface area contributed by atoms with E-state index in [0.717, 1.165) is 38.8 Å². The van der Waals surface area contributed by atoms with Crippen LogP contribution in [0.5, 0.6) is 0 Å². The lowest BCUT2D eigenvalue weighted by molar-refractivity contribution is 0.133. The van der Waals surface area contributed by atoms with Gasteiger partial charge in [0.1, 0.15) is 23.2 Å². The van der Waals surface area contributed by atoms with Crippen molar-refractivity contribution in [3.63, 3.8) is 0 Å². The first-order chi connectivity index (χ1) is 13.9. The molecule has 0 unspecified atom stereocenters. The highest BCUT2D eigenvalue weighted by Crippen LogP contribution is 2.55. The Labute approximate surface area is 170 Å². The lowest BCUT2D eigenvalue weighted by Gasteiger charge is -2.27. The highest BCUT2D eigenvalue weighted by molar-refractivity contribution is 7.95. The molecule has 0 aliphatic rings. The third-order valence-electron chi connectivity index (χ3n) is 5.09. The molecule has 0 saturated carbocycles. The molecule has 0 aliphatic carbocycles. The van der Waals surface area contributed by atoms with Crippen molar-refractivity contribution in [3.05, 3.63) is 91.0 Å². The van der Waals surface area contributed by atoms with E-state index in [4.69, 9.17) is 4.74 Å². The monoisotopic (exact) mass is 392 g/mol. The maximum atomic E-state index is 5.92. The third kappa shape index (κ3) is 5.08. The van der Waals surface area contributed by atoms with Crippen molar-refractivity contribution >= 4 is 23.2 Å². The third-order valence-corrected chi connectivity index (χ3v) is 9.61. The van der Waals surface area contributed by atoms with Gasteiger partial charge in [0, 0.05) is 13.0 Å². The largest absolute Gasteiger partial charge is 0.381 e. The van der Waals surface area contributed by atoms with Gasteiger partial charge in [0.05, 0.1) is 12.8 Å². The minimum absolute atomic E-state index is 0.817. The van der Waals surface area contributed by atoms with Crippen LogP contribution in [0.25, 0.3) is 0 Å². The predicted molar refractivity (Wildman–Crippen MR) is 124 cm³/mol. The molecule has 0 atom stereocenters. The molecule has 3 aromatic rings. The molecule has 1 N–H and O–H groups in total. The van der Waals surface area contributed by atoms with Crippen molar-refractivity contribution in [2.24, 2.45) is 0 Å². The standard InChI is InChI=1S/C25H31NOP/c1-26-19-11-20-27-21-12-22-28(23-13-5-2-6-14-23,24-15-7-3-8-16-24)25-17-9-4-10-18-25/h2-10,13-18,26H,11-12,19-22H2,1H3/q+1. The summed E-state index contributed by atoms with van der Waals surface area (Å²) in [6, 6.07) is 33.2. The van der Waals surface area contributed by atoms with Crippen LogP contribution >= 0.6 is 7.26 Å². The van der Waals surface area contributed by atoms with Gasteiger partial charge in [-0.25, -0.2) is 0 Å². The number of hydrogen-bond acceptors (Lipinski definition) is 2. The highest BCUT2D eigenvalue weighted by Gasteiger charge is 2.44. The van der Waals surface area contributed by atoms with Gasteiger partial charge in [0.2, 0.25) is 0 Å². The summed E-state index contributed by atoms with van der Waals surface area (Å²) in [5.41, 5.74) is 0. The number of ether oxygens (including phenoxy) is 1. The second kappa shape index (κ2) is 11.1. The Morgan fingerprint density at radius 3 is 1.50 bits per heavy atom. The van der Waals surface area contributed by atoms with Gasteiger partial charge >= 0.3 is 0 Å². The Bertz CT molecular complexity index is 696. The summed E-state index contributed by atoms with van der Waals surface area (Å²) in [5.74, 6) is 0. The lowest BCUT2D eigenvalue weighted by atomic mass is 10.4. The summed E-state index contributed by atoms with van der Waals surface area (Å²) < 4.78 is 5.92. The maximum absolute atomic E-state index is 5.92. The molecule has 3 aromatic carbocycles. The van der Waals surface area contributed by atoms with Crippen molar-refractivity contribution in [1.82, 2.24) is 5.32 Å². The minimum Gasteiger partial charge on any atom is -0.381 e. The van der Waals surface area contributed by atoms with Crippen molar-refractivity contribution < 1.29 is 4.74 Å². The van der Waals surface area contributed by atoms with Crippen LogP contribution < -0.4 is 21.2 Å². The van der Waals surface area contributed by atoms with Crippen LogP contribution in [0.2, 0.25) is 0 Å². The van der Waals surface area contributed by atoms with Gasteiger partial charge in [-0.1, -0.05) is 54.6 Å². The van der Waals surface area contributed by atoms with Crippen LogP contribution in [0.1, 0.15) is 12.8 Å². The van der Waals surface area contributed by atoms with E-state index in [1.807, 2.05) is 7.05 Å². The van der Waals surface area contributed by atoms with Crippen molar-refractivity contribution in [2.45, 2.75) is 12.8 Å².